The van der Waals surface area contributed by atoms with Gasteiger partial charge in [-0.25, -0.2) is 0 Å². The Balaban J connectivity index is 2.08. The summed E-state index contributed by atoms with van der Waals surface area (Å²) in [6, 6.07) is 17.4. The quantitative estimate of drug-likeness (QED) is 0.646. The van der Waals surface area contributed by atoms with Crippen molar-refractivity contribution in [3.8, 4) is 22.5 Å². The van der Waals surface area contributed by atoms with Crippen LogP contribution in [0, 0.1) is 0 Å². The topological polar surface area (TPSA) is 34.0 Å². The number of fused-ring (bicyclic) bond motifs is 5. The van der Waals surface area contributed by atoms with Crippen LogP contribution >= 0.6 is 0 Å². The molecule has 0 saturated carbocycles. The van der Waals surface area contributed by atoms with Crippen LogP contribution in [0.4, 0.5) is 5.69 Å². The maximum Gasteiger partial charge on any atom is 0.357 e. The molecule has 2 radical (unpaired) electrons. The van der Waals surface area contributed by atoms with Crippen molar-refractivity contribution in [2.45, 2.75) is 26.4 Å². The van der Waals surface area contributed by atoms with Gasteiger partial charge in [-0.3, -0.25) is 0 Å². The van der Waals surface area contributed by atoms with Crippen LogP contribution in [-0.4, -0.2) is 36.5 Å². The van der Waals surface area contributed by atoms with Crippen LogP contribution < -0.4 is 4.90 Å². The zero-order valence-electron chi connectivity index (χ0n) is 13.3. The predicted octanol–water partition coefficient (Wildman–Crippen LogP) is 3.27. The van der Waals surface area contributed by atoms with E-state index in [1.54, 1.807) is 3.67 Å². The Kier molecular flexibility index (Phi) is 3.48. The van der Waals surface area contributed by atoms with Gasteiger partial charge in [0.15, 0.2) is 0 Å². The van der Waals surface area contributed by atoms with Crippen molar-refractivity contribution < 1.29 is 0 Å². The molecule has 4 rings (SSSR count). The lowest BCUT2D eigenvalue weighted by atomic mass is 9.95. The summed E-state index contributed by atoms with van der Waals surface area (Å²) in [5.74, 6) is 0. The first-order valence-electron chi connectivity index (χ1n) is 7.82. The van der Waals surface area contributed by atoms with Gasteiger partial charge in [-0.2, -0.15) is 0 Å². The van der Waals surface area contributed by atoms with Crippen molar-refractivity contribution in [2.24, 2.45) is 0 Å². The van der Waals surface area contributed by atoms with Crippen molar-refractivity contribution in [1.29, 1.82) is 0 Å². The van der Waals surface area contributed by atoms with E-state index in [1.165, 1.54) is 16.8 Å². The Morgan fingerprint density at radius 2 is 1.70 bits per heavy atom. The van der Waals surface area contributed by atoms with Gasteiger partial charge < -0.3 is 8.57 Å². The fraction of sp³-hybridized carbons (Fsp3) is 0.222. The van der Waals surface area contributed by atoms with Crippen LogP contribution in [0.5, 0.6) is 0 Å². The molecule has 0 unspecified atom stereocenters. The predicted molar refractivity (Wildman–Crippen MR) is 93.4 cm³/mol. The first-order chi connectivity index (χ1) is 11.2. The first kappa shape index (κ1) is 14.5. The maximum absolute atomic E-state index is 4.46. The smallest absolute Gasteiger partial charge is 0.357 e. The average molecular weight is 316 g/mol. The monoisotopic (exact) mass is 316 g/mol. The number of aromatic nitrogens is 3. The van der Waals surface area contributed by atoms with Crippen molar-refractivity contribution in [1.82, 2.24) is 14.0 Å². The highest BCUT2D eigenvalue weighted by atomic mass is 27.1. The zero-order chi connectivity index (χ0) is 16.0. The largest absolute Gasteiger partial charge is 0.364 e. The second kappa shape index (κ2) is 5.52. The van der Waals surface area contributed by atoms with E-state index >= 15 is 0 Å². The molecule has 1 aliphatic heterocycles. The minimum Gasteiger partial charge on any atom is -0.364 e. The number of hydrogen-bond donors (Lipinski definition) is 0. The Morgan fingerprint density at radius 3 is 2.48 bits per heavy atom. The van der Waals surface area contributed by atoms with Gasteiger partial charge in [-0.1, -0.05) is 47.7 Å². The molecule has 0 atom stereocenters. The summed E-state index contributed by atoms with van der Waals surface area (Å²) in [6.07, 6.45) is 0. The van der Waals surface area contributed by atoms with Gasteiger partial charge in [0.1, 0.15) is 5.69 Å². The molecule has 1 aromatic heterocycles. The highest BCUT2D eigenvalue weighted by Crippen LogP contribution is 2.40. The summed E-state index contributed by atoms with van der Waals surface area (Å²) < 4.78 is 1.80. The van der Waals surface area contributed by atoms with E-state index in [0.29, 0.717) is 6.04 Å². The van der Waals surface area contributed by atoms with Crippen LogP contribution in [-0.2, 0) is 6.54 Å². The molecule has 2 aromatic carbocycles. The SMILES string of the molecule is CC(C)N1Cc2ccccc2-c2c(nn[n]2[Al])-c2ccccc21. The fourth-order valence-corrected chi connectivity index (χ4v) is 3.58. The van der Waals surface area contributed by atoms with Crippen molar-refractivity contribution >= 4 is 22.2 Å². The Bertz CT molecular complexity index is 869. The highest BCUT2D eigenvalue weighted by Gasteiger charge is 2.25. The van der Waals surface area contributed by atoms with E-state index in [2.05, 4.69) is 94.1 Å². The van der Waals surface area contributed by atoms with Gasteiger partial charge in [-0.05, 0) is 25.5 Å². The summed E-state index contributed by atoms with van der Waals surface area (Å²) in [6.45, 7) is 5.34. The summed E-state index contributed by atoms with van der Waals surface area (Å²) in [5, 5.41) is 8.72. The van der Waals surface area contributed by atoms with Crippen LogP contribution in [0.15, 0.2) is 48.5 Å². The molecule has 0 N–H and O–H groups in total. The second-order valence-electron chi connectivity index (χ2n) is 6.13. The lowest BCUT2D eigenvalue weighted by Gasteiger charge is -2.33. The van der Waals surface area contributed by atoms with E-state index in [0.717, 1.165) is 23.5 Å². The first-order valence-corrected chi connectivity index (χ1v) is 8.33. The molecule has 0 aliphatic carbocycles. The standard InChI is InChI=1S/C18H17N4.Al/c1-12(2)22-11-13-7-3-4-8-14(13)17-18(20-21-19-17)15-9-5-6-10-16(15)22;/h3-10,12H,11H2,1-2H3;/q-1;+1. The van der Waals surface area contributed by atoms with Crippen molar-refractivity contribution in [2.75, 3.05) is 4.90 Å². The number of benzene rings is 2. The summed E-state index contributed by atoms with van der Waals surface area (Å²) in [7, 11) is 0. The van der Waals surface area contributed by atoms with Gasteiger partial charge in [0, 0.05) is 29.4 Å². The van der Waals surface area contributed by atoms with Crippen LogP contribution in [0.2, 0.25) is 0 Å². The Morgan fingerprint density at radius 1 is 1.00 bits per heavy atom. The highest BCUT2D eigenvalue weighted by molar-refractivity contribution is 6.09. The number of anilines is 1. The summed E-state index contributed by atoms with van der Waals surface area (Å²) in [4.78, 5) is 2.43. The molecule has 2 heterocycles. The van der Waals surface area contributed by atoms with Crippen molar-refractivity contribution in [3.05, 3.63) is 54.1 Å². The normalized spacial score (nSPS) is 13.1. The molecular weight excluding hydrogens is 299 g/mol. The van der Waals surface area contributed by atoms with E-state index in [-0.39, 0.29) is 0 Å². The molecule has 0 fully saturated rings. The van der Waals surface area contributed by atoms with E-state index < -0.39 is 0 Å². The van der Waals surface area contributed by atoms with E-state index in [1.807, 2.05) is 0 Å². The zero-order valence-corrected chi connectivity index (χ0v) is 14.4. The molecule has 3 aromatic rings. The second-order valence-corrected chi connectivity index (χ2v) is 6.62. The Hall–Kier alpha value is -2.09. The Labute approximate surface area is 144 Å². The summed E-state index contributed by atoms with van der Waals surface area (Å²) >= 11 is 2.65. The van der Waals surface area contributed by atoms with Gasteiger partial charge >= 0.3 is 16.5 Å². The number of para-hydroxylation sites is 1. The fourth-order valence-electron chi connectivity index (χ4n) is 3.27. The maximum atomic E-state index is 4.46. The minimum absolute atomic E-state index is 0.400. The lowest BCUT2D eigenvalue weighted by molar-refractivity contribution is 0.683. The van der Waals surface area contributed by atoms with Crippen LogP contribution in [0.25, 0.3) is 22.5 Å². The van der Waals surface area contributed by atoms with Gasteiger partial charge in [0.25, 0.3) is 0 Å². The van der Waals surface area contributed by atoms with Crippen LogP contribution in [0.1, 0.15) is 19.4 Å². The summed E-state index contributed by atoms with van der Waals surface area (Å²) in [5.41, 5.74) is 6.84. The number of nitrogens with zero attached hydrogens (tertiary/aromatic N) is 4. The van der Waals surface area contributed by atoms with E-state index in [9.17, 15) is 0 Å². The minimum atomic E-state index is 0.400. The molecule has 1 aliphatic rings. The molecule has 0 bridgehead atoms. The van der Waals surface area contributed by atoms with Crippen molar-refractivity contribution in [3.63, 3.8) is 0 Å². The molecule has 0 amide bonds. The molecule has 0 spiro atoms. The van der Waals surface area contributed by atoms with E-state index in [4.69, 9.17) is 0 Å². The molecule has 5 heteroatoms. The van der Waals surface area contributed by atoms with Crippen LogP contribution in [0.3, 0.4) is 0 Å². The molecule has 4 nitrogen and oxygen atoms in total. The lowest BCUT2D eigenvalue weighted by Crippen LogP contribution is -2.31. The van der Waals surface area contributed by atoms with Gasteiger partial charge in [0.2, 0.25) is 0 Å². The number of rotatable bonds is 1. The number of hydrogen-bond acceptors (Lipinski definition) is 3. The third-order valence-corrected chi connectivity index (χ3v) is 4.76. The third kappa shape index (κ3) is 2.28. The molecule has 0 saturated heterocycles. The molecule has 23 heavy (non-hydrogen) atoms. The molecular formula is C18H17AlN4. The third-order valence-electron chi connectivity index (χ3n) is 4.40. The van der Waals surface area contributed by atoms with Gasteiger partial charge in [0.05, 0.1) is 5.69 Å². The average Bonchev–Trinajstić information content (AvgIpc) is 2.92. The molecule has 112 valence electrons. The van der Waals surface area contributed by atoms with Gasteiger partial charge in [-0.15, -0.1) is 5.10 Å².